The summed E-state index contributed by atoms with van der Waals surface area (Å²) in [7, 11) is 0. The van der Waals surface area contributed by atoms with Gasteiger partial charge in [0.05, 0.1) is 6.04 Å². The van der Waals surface area contributed by atoms with Crippen LogP contribution in [0.3, 0.4) is 0 Å². The van der Waals surface area contributed by atoms with Gasteiger partial charge < -0.3 is 11.1 Å². The third-order valence-corrected chi connectivity index (χ3v) is 3.34. The van der Waals surface area contributed by atoms with Crippen LogP contribution in [0.25, 0.3) is 0 Å². The second-order valence-electron chi connectivity index (χ2n) is 4.22. The predicted octanol–water partition coefficient (Wildman–Crippen LogP) is 2.75. The Morgan fingerprint density at radius 3 is 2.61 bits per heavy atom. The van der Waals surface area contributed by atoms with Crippen LogP contribution in [0.15, 0.2) is 24.3 Å². The minimum atomic E-state index is -0.456. The molecule has 102 valence electrons. The summed E-state index contributed by atoms with van der Waals surface area (Å²) in [5.74, 6) is 0.0560. The molecule has 0 bridgehead atoms. The van der Waals surface area contributed by atoms with Crippen LogP contribution in [0.5, 0.6) is 0 Å². The van der Waals surface area contributed by atoms with Crippen LogP contribution >= 0.6 is 24.0 Å². The number of carbonyl (C=O) groups excluding carboxylic acids is 1. The first-order valence-electron chi connectivity index (χ1n) is 5.83. The van der Waals surface area contributed by atoms with Crippen LogP contribution in [0.1, 0.15) is 25.8 Å². The molecular formula is C13H20Cl2N2O. The summed E-state index contributed by atoms with van der Waals surface area (Å²) in [6, 6.07) is 6.98. The zero-order valence-corrected chi connectivity index (χ0v) is 12.2. The average molecular weight is 291 g/mol. The molecule has 0 saturated heterocycles. The van der Waals surface area contributed by atoms with Gasteiger partial charge in [-0.05, 0) is 17.5 Å². The van der Waals surface area contributed by atoms with E-state index < -0.39 is 6.04 Å². The maximum absolute atomic E-state index is 11.7. The van der Waals surface area contributed by atoms with Gasteiger partial charge in [-0.15, -0.1) is 12.4 Å². The summed E-state index contributed by atoms with van der Waals surface area (Å²) in [5.41, 5.74) is 6.73. The maximum atomic E-state index is 11.7. The lowest BCUT2D eigenvalue weighted by atomic mass is 9.99. The van der Waals surface area contributed by atoms with E-state index in [2.05, 4.69) is 5.32 Å². The molecule has 0 aliphatic heterocycles. The van der Waals surface area contributed by atoms with Crippen LogP contribution in [-0.4, -0.2) is 11.9 Å². The topological polar surface area (TPSA) is 55.1 Å². The molecule has 5 heteroatoms. The molecule has 0 heterocycles. The Bertz CT molecular complexity index is 385. The molecule has 0 radical (unpaired) electrons. The molecule has 3 nitrogen and oxygen atoms in total. The first-order valence-corrected chi connectivity index (χ1v) is 6.20. The first kappa shape index (κ1) is 17.2. The summed E-state index contributed by atoms with van der Waals surface area (Å²) in [5, 5.41) is 3.46. The Kier molecular flexibility index (Phi) is 8.00. The molecule has 0 aliphatic rings. The molecule has 0 fully saturated rings. The van der Waals surface area contributed by atoms with E-state index in [0.717, 1.165) is 12.0 Å². The summed E-state index contributed by atoms with van der Waals surface area (Å²) < 4.78 is 0. The van der Waals surface area contributed by atoms with E-state index in [1.807, 2.05) is 32.0 Å². The number of halogens is 2. The fraction of sp³-hybridized carbons (Fsp3) is 0.462. The number of rotatable bonds is 5. The summed E-state index contributed by atoms with van der Waals surface area (Å²) in [4.78, 5) is 11.7. The van der Waals surface area contributed by atoms with Crippen LogP contribution in [0.2, 0.25) is 5.02 Å². The summed E-state index contributed by atoms with van der Waals surface area (Å²) in [6.45, 7) is 4.41. The Morgan fingerprint density at radius 1 is 1.44 bits per heavy atom. The number of nitrogens with one attached hydrogen (secondary N) is 1. The average Bonchev–Trinajstić information content (AvgIpc) is 2.35. The van der Waals surface area contributed by atoms with Crippen molar-refractivity contribution < 1.29 is 4.79 Å². The maximum Gasteiger partial charge on any atom is 0.237 e. The Hall–Kier alpha value is -0.770. The zero-order chi connectivity index (χ0) is 12.8. The van der Waals surface area contributed by atoms with Crippen LogP contribution in [0, 0.1) is 5.92 Å². The first-order chi connectivity index (χ1) is 8.06. The van der Waals surface area contributed by atoms with Crippen molar-refractivity contribution in [3.8, 4) is 0 Å². The van der Waals surface area contributed by atoms with E-state index in [4.69, 9.17) is 17.3 Å². The number of benzene rings is 1. The van der Waals surface area contributed by atoms with Crippen molar-refractivity contribution in [3.63, 3.8) is 0 Å². The van der Waals surface area contributed by atoms with E-state index in [1.54, 1.807) is 6.07 Å². The van der Waals surface area contributed by atoms with Crippen molar-refractivity contribution in [2.75, 3.05) is 0 Å². The molecule has 1 aromatic carbocycles. The highest BCUT2D eigenvalue weighted by molar-refractivity contribution is 6.31. The van der Waals surface area contributed by atoms with Gasteiger partial charge in [-0.3, -0.25) is 4.79 Å². The lowest BCUT2D eigenvalue weighted by molar-refractivity contribution is -0.123. The van der Waals surface area contributed by atoms with Gasteiger partial charge >= 0.3 is 0 Å². The largest absolute Gasteiger partial charge is 0.351 e. The van der Waals surface area contributed by atoms with Crippen molar-refractivity contribution in [2.24, 2.45) is 11.7 Å². The van der Waals surface area contributed by atoms with Gasteiger partial charge in [-0.2, -0.15) is 0 Å². The summed E-state index contributed by atoms with van der Waals surface area (Å²) in [6.07, 6.45) is 0.890. The lowest BCUT2D eigenvalue weighted by Crippen LogP contribution is -2.44. The summed E-state index contributed by atoms with van der Waals surface area (Å²) >= 11 is 5.99. The van der Waals surface area contributed by atoms with Crippen LogP contribution in [0.4, 0.5) is 0 Å². The lowest BCUT2D eigenvalue weighted by Gasteiger charge is -2.17. The minimum Gasteiger partial charge on any atom is -0.351 e. The number of amides is 1. The normalized spacial score (nSPS) is 13.3. The quantitative estimate of drug-likeness (QED) is 0.876. The molecule has 0 spiro atoms. The van der Waals surface area contributed by atoms with Gasteiger partial charge in [0.15, 0.2) is 0 Å². The fourth-order valence-corrected chi connectivity index (χ4v) is 1.66. The molecule has 0 aliphatic carbocycles. The minimum absolute atomic E-state index is 0. The molecule has 18 heavy (non-hydrogen) atoms. The smallest absolute Gasteiger partial charge is 0.237 e. The van der Waals surface area contributed by atoms with Crippen molar-refractivity contribution in [2.45, 2.75) is 32.9 Å². The highest BCUT2D eigenvalue weighted by atomic mass is 35.5. The van der Waals surface area contributed by atoms with Crippen molar-refractivity contribution in [1.29, 1.82) is 0 Å². The zero-order valence-electron chi connectivity index (χ0n) is 10.7. The SMILES string of the molecule is CCC(C)C(N)C(=O)NCc1ccccc1Cl.Cl. The van der Waals surface area contributed by atoms with Crippen molar-refractivity contribution in [1.82, 2.24) is 5.32 Å². The van der Waals surface area contributed by atoms with Gasteiger partial charge in [0.2, 0.25) is 5.91 Å². The van der Waals surface area contributed by atoms with E-state index in [0.29, 0.717) is 11.6 Å². The van der Waals surface area contributed by atoms with E-state index in [-0.39, 0.29) is 24.2 Å². The van der Waals surface area contributed by atoms with E-state index in [1.165, 1.54) is 0 Å². The number of carbonyl (C=O) groups is 1. The number of hydrogen-bond donors (Lipinski definition) is 2. The second kappa shape index (κ2) is 8.35. The third-order valence-electron chi connectivity index (χ3n) is 2.97. The van der Waals surface area contributed by atoms with E-state index >= 15 is 0 Å². The standard InChI is InChI=1S/C13H19ClN2O.ClH/c1-3-9(2)12(15)13(17)16-8-10-6-4-5-7-11(10)14;/h4-7,9,12H,3,8,15H2,1-2H3,(H,16,17);1H. The molecule has 2 atom stereocenters. The molecule has 1 rings (SSSR count). The van der Waals surface area contributed by atoms with Gasteiger partial charge in [-0.1, -0.05) is 50.1 Å². The molecule has 2 unspecified atom stereocenters. The van der Waals surface area contributed by atoms with Gasteiger partial charge in [-0.25, -0.2) is 0 Å². The highest BCUT2D eigenvalue weighted by Crippen LogP contribution is 2.14. The number of nitrogens with two attached hydrogens (primary N) is 1. The van der Waals surface area contributed by atoms with Crippen molar-refractivity contribution >= 4 is 29.9 Å². The molecule has 1 aromatic rings. The Balaban J connectivity index is 0.00000289. The van der Waals surface area contributed by atoms with Crippen molar-refractivity contribution in [3.05, 3.63) is 34.9 Å². The molecule has 3 N–H and O–H groups in total. The second-order valence-corrected chi connectivity index (χ2v) is 4.63. The highest BCUT2D eigenvalue weighted by Gasteiger charge is 2.18. The monoisotopic (exact) mass is 290 g/mol. The van der Waals surface area contributed by atoms with E-state index in [9.17, 15) is 4.79 Å². The van der Waals surface area contributed by atoms with Crippen LogP contribution in [-0.2, 0) is 11.3 Å². The van der Waals surface area contributed by atoms with Gasteiger partial charge in [0, 0.05) is 11.6 Å². The molecular weight excluding hydrogens is 271 g/mol. The number of hydrogen-bond acceptors (Lipinski definition) is 2. The molecule has 1 amide bonds. The fourth-order valence-electron chi connectivity index (χ4n) is 1.45. The third kappa shape index (κ3) is 4.84. The molecule has 0 aromatic heterocycles. The Morgan fingerprint density at radius 2 is 2.06 bits per heavy atom. The molecule has 0 saturated carbocycles. The Labute approximate surface area is 119 Å². The van der Waals surface area contributed by atoms with Gasteiger partial charge in [0.1, 0.15) is 0 Å². The van der Waals surface area contributed by atoms with Crippen LogP contribution < -0.4 is 11.1 Å². The predicted molar refractivity (Wildman–Crippen MR) is 78.0 cm³/mol. The van der Waals surface area contributed by atoms with Gasteiger partial charge in [0.25, 0.3) is 0 Å².